The fourth-order valence-corrected chi connectivity index (χ4v) is 2.05. The highest BCUT2D eigenvalue weighted by atomic mass is 32.2. The molecule has 14 heavy (non-hydrogen) atoms. The van der Waals surface area contributed by atoms with Gasteiger partial charge in [-0.1, -0.05) is 19.1 Å². The number of nitrogens with one attached hydrogen (secondary N) is 1. The van der Waals surface area contributed by atoms with Gasteiger partial charge in [-0.05, 0) is 43.3 Å². The molecule has 2 heteroatoms. The van der Waals surface area contributed by atoms with Crippen molar-refractivity contribution in [3.05, 3.63) is 29.3 Å². The molecule has 0 spiro atoms. The summed E-state index contributed by atoms with van der Waals surface area (Å²) in [5.74, 6) is 0. The third-order valence-electron chi connectivity index (χ3n) is 2.22. The van der Waals surface area contributed by atoms with Crippen LogP contribution in [0.25, 0.3) is 0 Å². The van der Waals surface area contributed by atoms with Crippen molar-refractivity contribution in [2.75, 3.05) is 12.8 Å². The van der Waals surface area contributed by atoms with E-state index < -0.39 is 0 Å². The molecule has 1 rings (SSSR count). The molecule has 0 aliphatic carbocycles. The molecule has 0 amide bonds. The number of aryl methyl sites for hydroxylation is 1. The molecule has 0 saturated heterocycles. The Kier molecular flexibility index (Phi) is 5.05. The summed E-state index contributed by atoms with van der Waals surface area (Å²) in [5.41, 5.74) is 2.77. The maximum absolute atomic E-state index is 3.41. The molecule has 0 fully saturated rings. The minimum absolute atomic E-state index is 0.989. The fraction of sp³-hybridized carbons (Fsp3) is 0.500. The normalized spacial score (nSPS) is 10.5. The molecule has 0 unspecified atom stereocenters. The van der Waals surface area contributed by atoms with E-state index in [0.717, 1.165) is 13.1 Å². The van der Waals surface area contributed by atoms with E-state index in [1.165, 1.54) is 22.4 Å². The number of rotatable bonds is 5. The summed E-state index contributed by atoms with van der Waals surface area (Å²) < 4.78 is 0. The van der Waals surface area contributed by atoms with Crippen LogP contribution in [0, 0.1) is 6.92 Å². The van der Waals surface area contributed by atoms with E-state index >= 15 is 0 Å². The predicted molar refractivity (Wildman–Crippen MR) is 65.0 cm³/mol. The lowest BCUT2D eigenvalue weighted by atomic mass is 10.1. The topological polar surface area (TPSA) is 12.0 Å². The smallest absolute Gasteiger partial charge is 0.0205 e. The first-order valence-corrected chi connectivity index (χ1v) is 6.34. The third kappa shape index (κ3) is 3.35. The second kappa shape index (κ2) is 6.10. The van der Waals surface area contributed by atoms with Crippen molar-refractivity contribution in [2.45, 2.75) is 31.7 Å². The van der Waals surface area contributed by atoms with Crippen LogP contribution in [-0.2, 0) is 6.54 Å². The van der Waals surface area contributed by atoms with Crippen LogP contribution in [-0.4, -0.2) is 12.8 Å². The minimum Gasteiger partial charge on any atom is -0.313 e. The first kappa shape index (κ1) is 11.6. The Bertz CT molecular complexity index is 284. The largest absolute Gasteiger partial charge is 0.313 e. The molecule has 0 aromatic heterocycles. The Morgan fingerprint density at radius 2 is 2.14 bits per heavy atom. The van der Waals surface area contributed by atoms with Crippen molar-refractivity contribution in [1.29, 1.82) is 0 Å². The summed E-state index contributed by atoms with van der Waals surface area (Å²) >= 11 is 1.81. The Morgan fingerprint density at radius 1 is 1.36 bits per heavy atom. The highest BCUT2D eigenvalue weighted by Crippen LogP contribution is 2.20. The van der Waals surface area contributed by atoms with Crippen LogP contribution in [0.1, 0.15) is 24.5 Å². The van der Waals surface area contributed by atoms with Gasteiger partial charge in [-0.2, -0.15) is 0 Å². The van der Waals surface area contributed by atoms with Gasteiger partial charge in [0.1, 0.15) is 0 Å². The van der Waals surface area contributed by atoms with Gasteiger partial charge in [0.15, 0.2) is 0 Å². The highest BCUT2D eigenvalue weighted by Gasteiger charge is 1.98. The zero-order valence-electron chi connectivity index (χ0n) is 9.26. The maximum Gasteiger partial charge on any atom is 0.0205 e. The molecule has 0 heterocycles. The van der Waals surface area contributed by atoms with Crippen LogP contribution in [0.15, 0.2) is 23.1 Å². The molecule has 0 aliphatic rings. The van der Waals surface area contributed by atoms with E-state index in [-0.39, 0.29) is 0 Å². The Balaban J connectivity index is 2.57. The molecule has 0 radical (unpaired) electrons. The van der Waals surface area contributed by atoms with Gasteiger partial charge in [0.25, 0.3) is 0 Å². The van der Waals surface area contributed by atoms with Crippen molar-refractivity contribution in [2.24, 2.45) is 0 Å². The van der Waals surface area contributed by atoms with Crippen molar-refractivity contribution < 1.29 is 0 Å². The Morgan fingerprint density at radius 3 is 2.71 bits per heavy atom. The molecule has 0 aliphatic heterocycles. The average Bonchev–Trinajstić information content (AvgIpc) is 2.18. The summed E-state index contributed by atoms with van der Waals surface area (Å²) in [7, 11) is 0. The number of benzene rings is 1. The summed E-state index contributed by atoms with van der Waals surface area (Å²) in [4.78, 5) is 1.38. The van der Waals surface area contributed by atoms with Crippen LogP contribution >= 0.6 is 11.8 Å². The lowest BCUT2D eigenvalue weighted by Gasteiger charge is -2.07. The van der Waals surface area contributed by atoms with E-state index in [1.54, 1.807) is 0 Å². The lowest BCUT2D eigenvalue weighted by Crippen LogP contribution is -2.13. The minimum atomic E-state index is 0.989. The van der Waals surface area contributed by atoms with E-state index in [4.69, 9.17) is 0 Å². The van der Waals surface area contributed by atoms with Gasteiger partial charge in [0.05, 0.1) is 0 Å². The van der Waals surface area contributed by atoms with Crippen LogP contribution < -0.4 is 5.32 Å². The maximum atomic E-state index is 3.41. The molecule has 0 atom stereocenters. The summed E-state index contributed by atoms with van der Waals surface area (Å²) in [6.45, 7) is 6.46. The predicted octanol–water partition coefficient (Wildman–Crippen LogP) is 3.22. The molecular weight excluding hydrogens is 190 g/mol. The second-order valence-corrected chi connectivity index (χ2v) is 4.33. The van der Waals surface area contributed by atoms with Crippen molar-refractivity contribution in [3.63, 3.8) is 0 Å². The monoisotopic (exact) mass is 209 g/mol. The van der Waals surface area contributed by atoms with Gasteiger partial charge >= 0.3 is 0 Å². The molecule has 1 nitrogen and oxygen atoms in total. The van der Waals surface area contributed by atoms with Crippen molar-refractivity contribution >= 4 is 11.8 Å². The Labute approximate surface area is 91.3 Å². The quantitative estimate of drug-likeness (QED) is 0.590. The third-order valence-corrected chi connectivity index (χ3v) is 3.11. The van der Waals surface area contributed by atoms with E-state index in [0.29, 0.717) is 0 Å². The van der Waals surface area contributed by atoms with Crippen LogP contribution in [0.2, 0.25) is 0 Å². The zero-order chi connectivity index (χ0) is 10.4. The first-order valence-electron chi connectivity index (χ1n) is 5.12. The molecular formula is C12H19NS. The number of thioether (sulfide) groups is 1. The standard InChI is InChI=1S/C12H19NS/c1-4-7-13-9-11-5-6-12(14-3)10(2)8-11/h5-6,8,13H,4,7,9H2,1-3H3. The Hall–Kier alpha value is -0.470. The summed E-state index contributed by atoms with van der Waals surface area (Å²) in [6.07, 6.45) is 3.32. The second-order valence-electron chi connectivity index (χ2n) is 3.48. The molecule has 0 saturated carbocycles. The summed E-state index contributed by atoms with van der Waals surface area (Å²) in [6, 6.07) is 6.69. The number of hydrogen-bond donors (Lipinski definition) is 1. The SMILES string of the molecule is CCCNCc1ccc(SC)c(C)c1. The highest BCUT2D eigenvalue weighted by molar-refractivity contribution is 7.98. The zero-order valence-corrected chi connectivity index (χ0v) is 10.1. The van der Waals surface area contributed by atoms with E-state index in [9.17, 15) is 0 Å². The van der Waals surface area contributed by atoms with Crippen molar-refractivity contribution in [3.8, 4) is 0 Å². The van der Waals surface area contributed by atoms with E-state index in [1.807, 2.05) is 11.8 Å². The van der Waals surface area contributed by atoms with Crippen molar-refractivity contribution in [1.82, 2.24) is 5.32 Å². The van der Waals surface area contributed by atoms with Gasteiger partial charge in [0, 0.05) is 11.4 Å². The molecule has 0 bridgehead atoms. The van der Waals surface area contributed by atoms with E-state index in [2.05, 4.69) is 43.6 Å². The number of hydrogen-bond acceptors (Lipinski definition) is 2. The van der Waals surface area contributed by atoms with Crippen LogP contribution in [0.3, 0.4) is 0 Å². The molecule has 1 aromatic carbocycles. The van der Waals surface area contributed by atoms with Gasteiger partial charge in [0.2, 0.25) is 0 Å². The van der Waals surface area contributed by atoms with Gasteiger partial charge in [-0.15, -0.1) is 11.8 Å². The van der Waals surface area contributed by atoms with Gasteiger partial charge in [-0.3, -0.25) is 0 Å². The summed E-state index contributed by atoms with van der Waals surface area (Å²) in [5, 5.41) is 3.41. The lowest BCUT2D eigenvalue weighted by molar-refractivity contribution is 0.675. The molecule has 1 N–H and O–H groups in total. The van der Waals surface area contributed by atoms with Gasteiger partial charge < -0.3 is 5.32 Å². The first-order chi connectivity index (χ1) is 6.77. The van der Waals surface area contributed by atoms with Crippen LogP contribution in [0.5, 0.6) is 0 Å². The molecule has 78 valence electrons. The van der Waals surface area contributed by atoms with Crippen LogP contribution in [0.4, 0.5) is 0 Å². The fourth-order valence-electron chi connectivity index (χ4n) is 1.46. The van der Waals surface area contributed by atoms with Gasteiger partial charge in [-0.25, -0.2) is 0 Å². The average molecular weight is 209 g/mol. The molecule has 1 aromatic rings.